The van der Waals surface area contributed by atoms with Gasteiger partial charge in [0, 0.05) is 0 Å². The van der Waals surface area contributed by atoms with E-state index < -0.39 is 23.9 Å². The van der Waals surface area contributed by atoms with E-state index in [1.165, 1.54) is 24.3 Å². The first-order valence-corrected chi connectivity index (χ1v) is 11.4. The first kappa shape index (κ1) is 26.4. The zero-order chi connectivity index (χ0) is 28.1. The van der Waals surface area contributed by atoms with Crippen LogP contribution in [0.3, 0.4) is 0 Å². The summed E-state index contributed by atoms with van der Waals surface area (Å²) < 4.78 is 11.4. The van der Waals surface area contributed by atoms with E-state index in [1.807, 2.05) is 24.3 Å². The first-order valence-electron chi connectivity index (χ1n) is 11.4. The summed E-state index contributed by atoms with van der Waals surface area (Å²) in [5.41, 5.74) is 0.510. The van der Waals surface area contributed by atoms with Gasteiger partial charge in [-0.3, -0.25) is 0 Å². The summed E-state index contributed by atoms with van der Waals surface area (Å²) in [5.74, 6) is -4.17. The monoisotopic (exact) mass is 528 g/mol. The molecule has 0 aliphatic carbocycles. The molecule has 39 heavy (non-hydrogen) atoms. The lowest BCUT2D eigenvalue weighted by Gasteiger charge is -2.10. The lowest BCUT2D eigenvalue weighted by molar-refractivity contribution is 0.0651. The van der Waals surface area contributed by atoms with Crippen LogP contribution in [-0.4, -0.2) is 44.3 Å². The maximum Gasteiger partial charge on any atom is 0.336 e. The minimum Gasteiger partial charge on any atom is -0.478 e. The van der Waals surface area contributed by atoms with Crippen LogP contribution in [0, 0.1) is 0 Å². The number of aromatic carboxylic acids is 4. The summed E-state index contributed by atoms with van der Waals surface area (Å²) >= 11 is 0. The molecule has 4 N–H and O–H groups in total. The molecule has 0 aliphatic rings. The number of carbonyl (C=O) groups is 4. The molecule has 4 aromatic rings. The number of hydrogen-bond acceptors (Lipinski definition) is 6. The topological polar surface area (TPSA) is 168 Å². The van der Waals surface area contributed by atoms with Crippen molar-refractivity contribution >= 4 is 23.9 Å². The van der Waals surface area contributed by atoms with Crippen LogP contribution in [0.1, 0.15) is 52.6 Å². The zero-order valence-electron chi connectivity index (χ0n) is 20.0. The third kappa shape index (κ3) is 6.38. The maximum atomic E-state index is 11.4. The fourth-order valence-electron chi connectivity index (χ4n) is 3.76. The van der Waals surface area contributed by atoms with Crippen LogP contribution in [0.2, 0.25) is 0 Å². The zero-order valence-corrected chi connectivity index (χ0v) is 20.0. The van der Waals surface area contributed by atoms with Gasteiger partial charge in [-0.25, -0.2) is 19.2 Å². The molecule has 10 heteroatoms. The van der Waals surface area contributed by atoms with Crippen molar-refractivity contribution in [2.75, 3.05) is 0 Å². The summed E-state index contributed by atoms with van der Waals surface area (Å²) in [4.78, 5) is 45.1. The number of carboxylic acids is 4. The lowest BCUT2D eigenvalue weighted by Crippen LogP contribution is -2.07. The summed E-state index contributed by atoms with van der Waals surface area (Å²) in [5, 5.41) is 36.8. The number of carboxylic acid groups (broad SMARTS) is 4. The van der Waals surface area contributed by atoms with E-state index in [0.29, 0.717) is 17.9 Å². The van der Waals surface area contributed by atoms with Crippen LogP contribution in [0.15, 0.2) is 84.9 Å². The fourth-order valence-corrected chi connectivity index (χ4v) is 3.76. The lowest BCUT2D eigenvalue weighted by atomic mass is 10.0. The quantitative estimate of drug-likeness (QED) is 0.202. The van der Waals surface area contributed by atoms with Crippen molar-refractivity contribution in [1.29, 1.82) is 0 Å². The Labute approximate surface area is 220 Å². The van der Waals surface area contributed by atoms with Gasteiger partial charge in [0.05, 0.1) is 22.3 Å². The molecule has 0 saturated carbocycles. The van der Waals surface area contributed by atoms with Gasteiger partial charge in [-0.2, -0.15) is 0 Å². The first-order chi connectivity index (χ1) is 18.6. The number of hydrogen-bond donors (Lipinski definition) is 4. The molecule has 0 amide bonds. The van der Waals surface area contributed by atoms with Crippen molar-refractivity contribution in [1.82, 2.24) is 0 Å². The van der Waals surface area contributed by atoms with Crippen LogP contribution >= 0.6 is 0 Å². The smallest absolute Gasteiger partial charge is 0.336 e. The van der Waals surface area contributed by atoms with Gasteiger partial charge in [0.1, 0.15) is 23.0 Å². The average Bonchev–Trinajstić information content (AvgIpc) is 2.90. The molecule has 0 atom stereocenters. The summed E-state index contributed by atoms with van der Waals surface area (Å²) in [7, 11) is 0. The highest BCUT2D eigenvalue weighted by Gasteiger charge is 2.18. The van der Waals surface area contributed by atoms with Crippen molar-refractivity contribution in [3.63, 3.8) is 0 Å². The van der Waals surface area contributed by atoms with Crippen LogP contribution in [0.25, 0.3) is 0 Å². The number of ether oxygens (including phenoxy) is 2. The van der Waals surface area contributed by atoms with Gasteiger partial charge in [0.15, 0.2) is 0 Å². The minimum atomic E-state index is -1.37. The second kappa shape index (κ2) is 11.2. The Morgan fingerprint density at radius 1 is 0.436 bits per heavy atom. The van der Waals surface area contributed by atoms with E-state index in [4.69, 9.17) is 19.7 Å². The normalized spacial score (nSPS) is 10.5. The molecule has 0 spiro atoms. The van der Waals surface area contributed by atoms with Gasteiger partial charge >= 0.3 is 23.9 Å². The second-order valence-corrected chi connectivity index (χ2v) is 8.30. The standard InChI is InChI=1S/C29H20O10/c30-26(31)22-11-9-20(14-24(22)28(34)35)38-18-5-1-16(2-6-18)13-17-3-7-19(8-4-17)39-21-10-12-23(27(32)33)25(15-21)29(36)37/h1-12,14-15H,13H2,(H,30,31)(H,32,33)(H,34,35)(H,36,37). The molecular formula is C29H20O10. The second-order valence-electron chi connectivity index (χ2n) is 8.30. The predicted molar refractivity (Wildman–Crippen MR) is 137 cm³/mol. The SMILES string of the molecule is O=C(O)c1ccc(Oc2ccc(Cc3ccc(Oc4ccc(C(=O)O)c(C(=O)O)c4)cc3)cc2)cc1C(=O)O. The Kier molecular flexibility index (Phi) is 7.57. The average molecular weight is 528 g/mol. The fraction of sp³-hybridized carbons (Fsp3) is 0.0345. The highest BCUT2D eigenvalue weighted by molar-refractivity contribution is 6.02. The van der Waals surface area contributed by atoms with Crippen molar-refractivity contribution in [3.8, 4) is 23.0 Å². The summed E-state index contributed by atoms with van der Waals surface area (Å²) in [6.07, 6.45) is 0.577. The predicted octanol–water partition coefficient (Wildman–Crippen LogP) is 5.65. The molecule has 0 fully saturated rings. The molecule has 0 aliphatic heterocycles. The van der Waals surface area contributed by atoms with Crippen molar-refractivity contribution in [3.05, 3.63) is 118 Å². The Balaban J connectivity index is 1.40. The van der Waals surface area contributed by atoms with Crippen LogP contribution < -0.4 is 9.47 Å². The van der Waals surface area contributed by atoms with Gasteiger partial charge in [-0.1, -0.05) is 24.3 Å². The molecule has 0 radical (unpaired) electrons. The van der Waals surface area contributed by atoms with Crippen molar-refractivity contribution < 1.29 is 49.1 Å². The third-order valence-electron chi connectivity index (χ3n) is 5.63. The molecule has 0 bridgehead atoms. The Hall–Kier alpha value is -5.64. The Bertz CT molecular complexity index is 1450. The van der Waals surface area contributed by atoms with Crippen molar-refractivity contribution in [2.24, 2.45) is 0 Å². The van der Waals surface area contributed by atoms with Crippen molar-refractivity contribution in [2.45, 2.75) is 6.42 Å². The van der Waals surface area contributed by atoms with Gasteiger partial charge in [-0.15, -0.1) is 0 Å². The van der Waals surface area contributed by atoms with Crippen LogP contribution in [0.5, 0.6) is 23.0 Å². The Morgan fingerprint density at radius 2 is 0.744 bits per heavy atom. The largest absolute Gasteiger partial charge is 0.478 e. The van der Waals surface area contributed by atoms with E-state index in [-0.39, 0.29) is 33.8 Å². The number of rotatable bonds is 10. The molecule has 4 aromatic carbocycles. The number of benzene rings is 4. The molecule has 4 rings (SSSR count). The van der Waals surface area contributed by atoms with E-state index >= 15 is 0 Å². The van der Waals surface area contributed by atoms with Crippen LogP contribution in [0.4, 0.5) is 0 Å². The third-order valence-corrected chi connectivity index (χ3v) is 5.63. The molecule has 0 heterocycles. The Morgan fingerprint density at radius 3 is 1.05 bits per heavy atom. The maximum absolute atomic E-state index is 11.4. The minimum absolute atomic E-state index is 0.189. The molecule has 0 unspecified atom stereocenters. The van der Waals surface area contributed by atoms with Gasteiger partial charge in [0.25, 0.3) is 0 Å². The molecule has 0 aromatic heterocycles. The molecule has 10 nitrogen and oxygen atoms in total. The van der Waals surface area contributed by atoms with E-state index in [9.17, 15) is 29.4 Å². The van der Waals surface area contributed by atoms with Gasteiger partial charge < -0.3 is 29.9 Å². The van der Waals surface area contributed by atoms with Crippen LogP contribution in [-0.2, 0) is 6.42 Å². The molecule has 0 saturated heterocycles. The van der Waals surface area contributed by atoms with Gasteiger partial charge in [-0.05, 0) is 78.2 Å². The van der Waals surface area contributed by atoms with E-state index in [2.05, 4.69) is 0 Å². The highest BCUT2D eigenvalue weighted by Crippen LogP contribution is 2.27. The summed E-state index contributed by atoms with van der Waals surface area (Å²) in [6.45, 7) is 0. The van der Waals surface area contributed by atoms with Gasteiger partial charge in [0.2, 0.25) is 0 Å². The summed E-state index contributed by atoms with van der Waals surface area (Å²) in [6, 6.07) is 21.6. The van der Waals surface area contributed by atoms with E-state index in [1.54, 1.807) is 24.3 Å². The highest BCUT2D eigenvalue weighted by atomic mass is 16.5. The van der Waals surface area contributed by atoms with E-state index in [0.717, 1.165) is 23.3 Å². The molecule has 196 valence electrons. The molecular weight excluding hydrogens is 508 g/mol.